The van der Waals surface area contributed by atoms with Crippen molar-refractivity contribution >= 4 is 29.1 Å². The second-order valence-corrected chi connectivity index (χ2v) is 6.92. The van der Waals surface area contributed by atoms with Crippen molar-refractivity contribution in [3.8, 4) is 0 Å². The average Bonchev–Trinajstić information content (AvgIpc) is 2.54. The van der Waals surface area contributed by atoms with Crippen LogP contribution in [0, 0.1) is 5.82 Å². The number of nitrogens with one attached hydrogen (secondary N) is 1. The first-order chi connectivity index (χ1) is 11.5. The lowest BCUT2D eigenvalue weighted by Gasteiger charge is -2.39. The van der Waals surface area contributed by atoms with Crippen LogP contribution in [0.2, 0.25) is 5.02 Å². The molecule has 0 saturated heterocycles. The molecular weight excluding hydrogens is 331 g/mol. The van der Waals surface area contributed by atoms with Gasteiger partial charge in [-0.2, -0.15) is 0 Å². The number of hydrogen-bond acceptors (Lipinski definition) is 3. The summed E-state index contributed by atoms with van der Waals surface area (Å²) >= 11 is 5.91. The number of rotatable bonds is 3. The van der Waals surface area contributed by atoms with Crippen molar-refractivity contribution in [2.45, 2.75) is 37.5 Å². The fourth-order valence-corrected chi connectivity index (χ4v) is 4.32. The Bertz CT molecular complexity index is 812. The van der Waals surface area contributed by atoms with Crippen molar-refractivity contribution in [2.24, 2.45) is 0 Å². The molecule has 0 spiro atoms. The van der Waals surface area contributed by atoms with Crippen LogP contribution < -0.4 is 5.32 Å². The zero-order valence-corrected chi connectivity index (χ0v) is 13.6. The van der Waals surface area contributed by atoms with Gasteiger partial charge in [-0.25, -0.2) is 14.2 Å². The number of fused-ring (bicyclic) bond motifs is 2. The molecule has 4 nitrogen and oxygen atoms in total. The van der Waals surface area contributed by atoms with Gasteiger partial charge in [-0.1, -0.05) is 11.6 Å². The molecule has 0 unspecified atom stereocenters. The van der Waals surface area contributed by atoms with E-state index in [9.17, 15) is 14.3 Å². The maximum atomic E-state index is 13.6. The summed E-state index contributed by atoms with van der Waals surface area (Å²) in [5, 5.41) is 12.9. The molecule has 2 bridgehead atoms. The molecular formula is C18H16ClFN2O2. The van der Waals surface area contributed by atoms with Gasteiger partial charge < -0.3 is 10.4 Å². The minimum Gasteiger partial charge on any atom is -0.478 e. The Hall–Kier alpha value is -2.14. The van der Waals surface area contributed by atoms with Crippen LogP contribution in [0.5, 0.6) is 0 Å². The van der Waals surface area contributed by atoms with Crippen LogP contribution in [-0.2, 0) is 0 Å². The Morgan fingerprint density at radius 3 is 2.46 bits per heavy atom. The number of carboxylic acid groups (broad SMARTS) is 1. The van der Waals surface area contributed by atoms with E-state index < -0.39 is 11.8 Å². The minimum absolute atomic E-state index is 0.274. The zero-order valence-electron chi connectivity index (χ0n) is 12.9. The van der Waals surface area contributed by atoms with Gasteiger partial charge >= 0.3 is 5.97 Å². The van der Waals surface area contributed by atoms with E-state index in [0.717, 1.165) is 36.8 Å². The smallest absolute Gasteiger partial charge is 0.337 e. The molecule has 0 aliphatic heterocycles. The summed E-state index contributed by atoms with van der Waals surface area (Å²) < 4.78 is 13.6. The lowest BCUT2D eigenvalue weighted by Crippen LogP contribution is -2.26. The van der Waals surface area contributed by atoms with Crippen LogP contribution >= 0.6 is 11.6 Å². The number of aromatic carboxylic acids is 1. The van der Waals surface area contributed by atoms with E-state index in [2.05, 4.69) is 10.3 Å². The summed E-state index contributed by atoms with van der Waals surface area (Å²) in [5.41, 5.74) is 2.70. The Labute approximate surface area is 143 Å². The molecule has 2 aromatic rings. The number of aromatic nitrogens is 1. The molecule has 24 heavy (non-hydrogen) atoms. The third-order valence-corrected chi connectivity index (χ3v) is 5.28. The topological polar surface area (TPSA) is 62.2 Å². The van der Waals surface area contributed by atoms with Crippen molar-refractivity contribution in [3.63, 3.8) is 0 Å². The fraction of sp³-hybridized carbons (Fsp3) is 0.333. The summed E-state index contributed by atoms with van der Waals surface area (Å²) in [6.07, 6.45) is 5.54. The summed E-state index contributed by atoms with van der Waals surface area (Å²) in [6, 6.07) is 4.22. The molecule has 3 aliphatic carbocycles. The monoisotopic (exact) mass is 346 g/mol. The minimum atomic E-state index is -0.938. The van der Waals surface area contributed by atoms with Gasteiger partial charge in [0.15, 0.2) is 0 Å². The number of pyridine rings is 1. The van der Waals surface area contributed by atoms with E-state index in [1.54, 1.807) is 6.07 Å². The largest absolute Gasteiger partial charge is 0.478 e. The van der Waals surface area contributed by atoms with Gasteiger partial charge in [0.25, 0.3) is 0 Å². The second-order valence-electron chi connectivity index (χ2n) is 6.48. The highest BCUT2D eigenvalue weighted by Gasteiger charge is 2.38. The van der Waals surface area contributed by atoms with Gasteiger partial charge in [0.2, 0.25) is 0 Å². The van der Waals surface area contributed by atoms with E-state index in [0.29, 0.717) is 28.0 Å². The fourth-order valence-electron chi connectivity index (χ4n) is 4.10. The lowest BCUT2D eigenvalue weighted by atomic mass is 9.66. The normalized spacial score (nSPS) is 21.4. The van der Waals surface area contributed by atoms with Crippen LogP contribution in [0.4, 0.5) is 15.9 Å². The quantitative estimate of drug-likeness (QED) is 0.814. The van der Waals surface area contributed by atoms with E-state index >= 15 is 0 Å². The number of carbonyl (C=O) groups is 1. The highest BCUT2D eigenvalue weighted by molar-refractivity contribution is 6.30. The summed E-state index contributed by atoms with van der Waals surface area (Å²) in [6.45, 7) is 0. The van der Waals surface area contributed by atoms with Crippen molar-refractivity contribution < 1.29 is 14.3 Å². The Kier molecular flexibility index (Phi) is 3.68. The number of hydrogen-bond donors (Lipinski definition) is 2. The van der Waals surface area contributed by atoms with E-state index in [1.165, 1.54) is 18.3 Å². The first-order valence-electron chi connectivity index (χ1n) is 8.02. The molecule has 3 aliphatic rings. The Balaban J connectivity index is 1.82. The Morgan fingerprint density at radius 2 is 1.83 bits per heavy atom. The zero-order chi connectivity index (χ0) is 16.8. The van der Waals surface area contributed by atoms with Crippen LogP contribution in [0.1, 0.15) is 59.0 Å². The summed E-state index contributed by atoms with van der Waals surface area (Å²) in [5.74, 6) is -0.167. The van der Waals surface area contributed by atoms with Gasteiger partial charge in [-0.15, -0.1) is 0 Å². The van der Waals surface area contributed by atoms with Gasteiger partial charge in [0, 0.05) is 22.5 Å². The predicted molar refractivity (Wildman–Crippen MR) is 89.8 cm³/mol. The molecule has 124 valence electrons. The molecule has 6 heteroatoms. The molecule has 5 rings (SSSR count). The second kappa shape index (κ2) is 5.74. The molecule has 1 heterocycles. The summed E-state index contributed by atoms with van der Waals surface area (Å²) in [4.78, 5) is 15.9. The van der Waals surface area contributed by atoms with Crippen molar-refractivity contribution in [1.29, 1.82) is 0 Å². The maximum Gasteiger partial charge on any atom is 0.337 e. The van der Waals surface area contributed by atoms with Gasteiger partial charge in [-0.3, -0.25) is 0 Å². The van der Waals surface area contributed by atoms with Gasteiger partial charge in [-0.05, 0) is 61.3 Å². The molecule has 1 saturated carbocycles. The first kappa shape index (κ1) is 15.4. The van der Waals surface area contributed by atoms with E-state index in [-0.39, 0.29) is 5.92 Å². The third kappa shape index (κ3) is 2.53. The first-order valence-corrected chi connectivity index (χ1v) is 8.40. The molecule has 1 fully saturated rings. The number of halogens is 2. The Morgan fingerprint density at radius 1 is 1.17 bits per heavy atom. The number of nitrogens with zero attached hydrogens (tertiary/aromatic N) is 1. The molecule has 1 aromatic heterocycles. The standard InChI is InChI=1S/C18H16ClFN2O2/c19-11-5-12(20)7-13(6-11)22-17-16-10-3-1-9(2-4-10)15(16)14(8-21-17)18(23)24/h5-10H,1-4H2,(H,21,22)(H,23,24). The predicted octanol–water partition coefficient (Wildman–Crippen LogP) is 5.07. The van der Waals surface area contributed by atoms with Crippen LogP contribution in [0.3, 0.4) is 0 Å². The SMILES string of the molecule is O=C(O)c1cnc(Nc2cc(F)cc(Cl)c2)c2c1C1CCC2CC1. The van der Waals surface area contributed by atoms with Crippen molar-refractivity contribution in [3.05, 3.63) is 51.9 Å². The summed E-state index contributed by atoms with van der Waals surface area (Å²) in [7, 11) is 0. The maximum absolute atomic E-state index is 13.6. The van der Waals surface area contributed by atoms with Crippen LogP contribution in [0.25, 0.3) is 0 Å². The van der Waals surface area contributed by atoms with E-state index in [1.807, 2.05) is 0 Å². The molecule has 0 radical (unpaired) electrons. The third-order valence-electron chi connectivity index (χ3n) is 5.06. The van der Waals surface area contributed by atoms with Crippen LogP contribution in [0.15, 0.2) is 24.4 Å². The molecule has 1 aromatic carbocycles. The van der Waals surface area contributed by atoms with Crippen molar-refractivity contribution in [2.75, 3.05) is 5.32 Å². The van der Waals surface area contributed by atoms with Gasteiger partial charge in [0.1, 0.15) is 11.6 Å². The van der Waals surface area contributed by atoms with Crippen molar-refractivity contribution in [1.82, 2.24) is 4.98 Å². The number of carboxylic acids is 1. The average molecular weight is 347 g/mol. The number of anilines is 2. The lowest BCUT2D eigenvalue weighted by molar-refractivity contribution is 0.0693. The molecule has 0 amide bonds. The van der Waals surface area contributed by atoms with Gasteiger partial charge in [0.05, 0.1) is 5.56 Å². The highest BCUT2D eigenvalue weighted by atomic mass is 35.5. The molecule has 2 N–H and O–H groups in total. The molecule has 0 atom stereocenters. The van der Waals surface area contributed by atoms with Crippen LogP contribution in [-0.4, -0.2) is 16.1 Å². The van der Waals surface area contributed by atoms with E-state index in [4.69, 9.17) is 11.6 Å². The highest BCUT2D eigenvalue weighted by Crippen LogP contribution is 2.52. The number of benzene rings is 1.